The van der Waals surface area contributed by atoms with E-state index < -0.39 is 25.9 Å². The maximum absolute atomic E-state index is 12.0. The first kappa shape index (κ1) is 15.9. The maximum atomic E-state index is 12.0. The van der Waals surface area contributed by atoms with E-state index in [1.165, 1.54) is 12.1 Å². The second kappa shape index (κ2) is 6.10. The lowest BCUT2D eigenvalue weighted by molar-refractivity contribution is -0.384. The van der Waals surface area contributed by atoms with E-state index in [4.69, 9.17) is 0 Å². The van der Waals surface area contributed by atoms with Crippen LogP contribution in [0.4, 0.5) is 5.69 Å². The highest BCUT2D eigenvalue weighted by Crippen LogP contribution is 2.23. The number of rotatable bonds is 4. The van der Waals surface area contributed by atoms with Crippen LogP contribution >= 0.6 is 15.9 Å². The molecule has 0 aromatic heterocycles. The van der Waals surface area contributed by atoms with Gasteiger partial charge in [-0.1, -0.05) is 0 Å². The second-order valence-electron chi connectivity index (χ2n) is 4.76. The maximum Gasteiger partial charge on any atom is 0.270 e. The predicted octanol–water partition coefficient (Wildman–Crippen LogP) is 1.66. The molecule has 0 saturated carbocycles. The molecule has 0 spiro atoms. The van der Waals surface area contributed by atoms with Crippen molar-refractivity contribution in [2.75, 3.05) is 12.3 Å². The molecule has 21 heavy (non-hydrogen) atoms. The first-order chi connectivity index (χ1) is 9.81. The number of carbonyl (C=O) groups excluding carboxylic acids is 1. The molecule has 0 aliphatic carbocycles. The van der Waals surface area contributed by atoms with Gasteiger partial charge in [0.05, 0.1) is 21.5 Å². The fourth-order valence-electron chi connectivity index (χ4n) is 2.19. The molecule has 7 nitrogen and oxygen atoms in total. The standard InChI is InChI=1S/C12H13BrN2O5S/c13-11-4-3-8(15(17)18)6-10(11)12(16)14-7-9-2-1-5-21(9,19)20/h3-4,6,9H,1-2,5,7H2,(H,14,16). The summed E-state index contributed by atoms with van der Waals surface area (Å²) in [6, 6.07) is 3.85. The number of nitrogens with one attached hydrogen (secondary N) is 1. The molecular weight excluding hydrogens is 364 g/mol. The molecular formula is C12H13BrN2O5S. The van der Waals surface area contributed by atoms with Crippen LogP contribution in [0.1, 0.15) is 23.2 Å². The van der Waals surface area contributed by atoms with Gasteiger partial charge in [-0.05, 0) is 34.8 Å². The average Bonchev–Trinajstić information content (AvgIpc) is 2.75. The van der Waals surface area contributed by atoms with E-state index in [1.807, 2.05) is 0 Å². The second-order valence-corrected chi connectivity index (χ2v) is 8.02. The van der Waals surface area contributed by atoms with Crippen LogP contribution in [0.2, 0.25) is 0 Å². The highest BCUT2D eigenvalue weighted by atomic mass is 79.9. The number of halogens is 1. The molecule has 1 N–H and O–H groups in total. The van der Waals surface area contributed by atoms with Crippen LogP contribution in [0.3, 0.4) is 0 Å². The van der Waals surface area contributed by atoms with Gasteiger partial charge >= 0.3 is 0 Å². The molecule has 2 rings (SSSR count). The van der Waals surface area contributed by atoms with Crippen LogP contribution in [0, 0.1) is 10.1 Å². The molecule has 1 fully saturated rings. The lowest BCUT2D eigenvalue weighted by Crippen LogP contribution is -2.34. The van der Waals surface area contributed by atoms with Gasteiger partial charge in [0, 0.05) is 23.2 Å². The van der Waals surface area contributed by atoms with Crippen molar-refractivity contribution in [3.8, 4) is 0 Å². The number of benzene rings is 1. The Bertz CT molecular complexity index is 689. The minimum atomic E-state index is -3.13. The molecule has 114 valence electrons. The largest absolute Gasteiger partial charge is 0.351 e. The molecule has 1 heterocycles. The molecule has 1 aromatic rings. The Morgan fingerprint density at radius 1 is 1.48 bits per heavy atom. The lowest BCUT2D eigenvalue weighted by Gasteiger charge is -2.11. The van der Waals surface area contributed by atoms with Crippen molar-refractivity contribution in [2.45, 2.75) is 18.1 Å². The molecule has 1 unspecified atom stereocenters. The SMILES string of the molecule is O=C(NCC1CCCS1(=O)=O)c1cc([N+](=O)[O-])ccc1Br. The van der Waals surface area contributed by atoms with Crippen LogP contribution in [0.5, 0.6) is 0 Å². The van der Waals surface area contributed by atoms with E-state index in [-0.39, 0.29) is 23.5 Å². The molecule has 0 radical (unpaired) electrons. The van der Waals surface area contributed by atoms with Gasteiger partial charge in [-0.25, -0.2) is 8.42 Å². The Kier molecular flexibility index (Phi) is 4.62. The topological polar surface area (TPSA) is 106 Å². The van der Waals surface area contributed by atoms with E-state index in [0.29, 0.717) is 17.3 Å². The van der Waals surface area contributed by atoms with Gasteiger partial charge in [0.2, 0.25) is 0 Å². The molecule has 1 atom stereocenters. The van der Waals surface area contributed by atoms with E-state index in [1.54, 1.807) is 0 Å². The lowest BCUT2D eigenvalue weighted by atomic mass is 10.2. The van der Waals surface area contributed by atoms with Gasteiger partial charge in [-0.2, -0.15) is 0 Å². The van der Waals surface area contributed by atoms with Crippen molar-refractivity contribution in [2.24, 2.45) is 0 Å². The average molecular weight is 377 g/mol. The Hall–Kier alpha value is -1.48. The summed E-state index contributed by atoms with van der Waals surface area (Å²) in [5.74, 6) is -0.388. The van der Waals surface area contributed by atoms with Crippen molar-refractivity contribution in [3.63, 3.8) is 0 Å². The molecule has 9 heteroatoms. The number of nitrogens with zero attached hydrogens (tertiary/aromatic N) is 1. The number of hydrogen-bond acceptors (Lipinski definition) is 5. The van der Waals surface area contributed by atoms with Gasteiger partial charge in [-0.3, -0.25) is 14.9 Å². The smallest absolute Gasteiger partial charge is 0.270 e. The summed E-state index contributed by atoms with van der Waals surface area (Å²) in [5, 5.41) is 12.7. The quantitative estimate of drug-likeness (QED) is 0.635. The van der Waals surface area contributed by atoms with Crippen LogP contribution in [-0.2, 0) is 9.84 Å². The Morgan fingerprint density at radius 2 is 2.19 bits per heavy atom. The summed E-state index contributed by atoms with van der Waals surface area (Å²) in [6.07, 6.45) is 1.13. The molecule has 0 bridgehead atoms. The molecule has 1 aliphatic rings. The number of nitro groups is 1. The summed E-state index contributed by atoms with van der Waals surface area (Å²) in [5.41, 5.74) is -0.0866. The fourth-order valence-corrected chi connectivity index (χ4v) is 4.38. The zero-order valence-electron chi connectivity index (χ0n) is 10.9. The summed E-state index contributed by atoms with van der Waals surface area (Å²) in [7, 11) is -3.13. The van der Waals surface area contributed by atoms with Crippen LogP contribution in [0.25, 0.3) is 0 Å². The minimum Gasteiger partial charge on any atom is -0.351 e. The number of carbonyl (C=O) groups is 1. The zero-order valence-corrected chi connectivity index (χ0v) is 13.3. The van der Waals surface area contributed by atoms with Gasteiger partial charge < -0.3 is 5.32 Å². The monoisotopic (exact) mass is 376 g/mol. The van der Waals surface area contributed by atoms with Crippen molar-refractivity contribution >= 4 is 37.4 Å². The first-order valence-corrected chi connectivity index (χ1v) is 8.76. The number of amides is 1. The van der Waals surface area contributed by atoms with Crippen LogP contribution in [-0.4, -0.2) is 36.8 Å². The number of nitro benzene ring substituents is 1. The van der Waals surface area contributed by atoms with E-state index in [9.17, 15) is 23.3 Å². The summed E-state index contributed by atoms with van der Waals surface area (Å²) < 4.78 is 23.8. The summed E-state index contributed by atoms with van der Waals surface area (Å²) >= 11 is 3.15. The highest BCUT2D eigenvalue weighted by Gasteiger charge is 2.31. The van der Waals surface area contributed by atoms with Gasteiger partial charge in [0.1, 0.15) is 0 Å². The third-order valence-corrected chi connectivity index (χ3v) is 6.33. The van der Waals surface area contributed by atoms with Crippen LogP contribution < -0.4 is 5.32 Å². The Labute approximate surface area is 129 Å². The minimum absolute atomic E-state index is 0.0241. The first-order valence-electron chi connectivity index (χ1n) is 6.25. The molecule has 1 aliphatic heterocycles. The van der Waals surface area contributed by atoms with Gasteiger partial charge in [0.15, 0.2) is 9.84 Å². The fraction of sp³-hybridized carbons (Fsp3) is 0.417. The number of hydrogen-bond donors (Lipinski definition) is 1. The predicted molar refractivity (Wildman–Crippen MR) is 79.9 cm³/mol. The summed E-state index contributed by atoms with van der Waals surface area (Å²) in [6.45, 7) is 0.0241. The third-order valence-electron chi connectivity index (χ3n) is 3.36. The number of sulfone groups is 1. The zero-order chi connectivity index (χ0) is 15.6. The number of non-ortho nitro benzene ring substituents is 1. The van der Waals surface area contributed by atoms with E-state index >= 15 is 0 Å². The third kappa shape index (κ3) is 3.59. The van der Waals surface area contributed by atoms with Crippen molar-refractivity contribution in [3.05, 3.63) is 38.3 Å². The van der Waals surface area contributed by atoms with Gasteiger partial charge in [0.25, 0.3) is 11.6 Å². The molecule has 1 amide bonds. The Balaban J connectivity index is 2.10. The van der Waals surface area contributed by atoms with Crippen molar-refractivity contribution in [1.29, 1.82) is 0 Å². The van der Waals surface area contributed by atoms with E-state index in [2.05, 4.69) is 21.2 Å². The Morgan fingerprint density at radius 3 is 2.76 bits per heavy atom. The summed E-state index contributed by atoms with van der Waals surface area (Å²) in [4.78, 5) is 22.2. The normalized spacial score (nSPS) is 20.1. The molecule has 1 aromatic carbocycles. The molecule has 1 saturated heterocycles. The van der Waals surface area contributed by atoms with E-state index in [0.717, 1.165) is 6.07 Å². The van der Waals surface area contributed by atoms with Crippen molar-refractivity contribution in [1.82, 2.24) is 5.32 Å². The van der Waals surface area contributed by atoms with Gasteiger partial charge in [-0.15, -0.1) is 0 Å². The highest BCUT2D eigenvalue weighted by molar-refractivity contribution is 9.10. The van der Waals surface area contributed by atoms with Crippen LogP contribution in [0.15, 0.2) is 22.7 Å². The van der Waals surface area contributed by atoms with Crippen molar-refractivity contribution < 1.29 is 18.1 Å².